The second-order valence-electron chi connectivity index (χ2n) is 4.53. The van der Waals surface area contributed by atoms with E-state index in [9.17, 15) is 0 Å². The van der Waals surface area contributed by atoms with Gasteiger partial charge in [0.05, 0.1) is 5.69 Å². The van der Waals surface area contributed by atoms with Crippen LogP contribution in [0.3, 0.4) is 0 Å². The first kappa shape index (κ1) is 14.3. The van der Waals surface area contributed by atoms with Gasteiger partial charge in [-0.25, -0.2) is 0 Å². The highest BCUT2D eigenvalue weighted by atomic mass is 79.9. The predicted octanol–water partition coefficient (Wildman–Crippen LogP) is 3.87. The summed E-state index contributed by atoms with van der Waals surface area (Å²) in [6.07, 6.45) is 1.92. The molecule has 1 rings (SSSR count). The van der Waals surface area contributed by atoms with E-state index in [2.05, 4.69) is 59.5 Å². The van der Waals surface area contributed by atoms with Crippen LogP contribution in [0.2, 0.25) is 0 Å². The van der Waals surface area contributed by atoms with Crippen LogP contribution in [0.15, 0.2) is 35.3 Å². The number of halogens is 1. The third kappa shape index (κ3) is 3.58. The molecule has 0 amide bonds. The first-order valence-electron chi connectivity index (χ1n) is 5.90. The molecule has 2 N–H and O–H groups in total. The van der Waals surface area contributed by atoms with Crippen LogP contribution < -0.4 is 10.6 Å². The molecular formula is C14H21BrN2. The summed E-state index contributed by atoms with van der Waals surface area (Å²) in [5.74, 6) is 0. The molecule has 0 aromatic heterocycles. The first-order valence-corrected chi connectivity index (χ1v) is 6.69. The minimum Gasteiger partial charge on any atom is -0.364 e. The molecule has 0 unspecified atom stereocenters. The lowest BCUT2D eigenvalue weighted by Crippen LogP contribution is -2.31. The van der Waals surface area contributed by atoms with E-state index in [1.807, 2.05) is 13.0 Å². The highest BCUT2D eigenvalue weighted by molar-refractivity contribution is 9.10. The van der Waals surface area contributed by atoms with Crippen LogP contribution in [-0.2, 0) is 0 Å². The highest BCUT2D eigenvalue weighted by Crippen LogP contribution is 2.30. The summed E-state index contributed by atoms with van der Waals surface area (Å²) in [6, 6.07) is 6.80. The molecule has 17 heavy (non-hydrogen) atoms. The van der Waals surface area contributed by atoms with Gasteiger partial charge in [0.25, 0.3) is 0 Å². The van der Waals surface area contributed by atoms with E-state index < -0.39 is 0 Å². The number of nitrogens with two attached hydrogens (primary N) is 1. The van der Waals surface area contributed by atoms with Crippen molar-refractivity contribution in [3.05, 3.63) is 40.9 Å². The summed E-state index contributed by atoms with van der Waals surface area (Å²) >= 11 is 3.62. The largest absolute Gasteiger partial charge is 0.364 e. The van der Waals surface area contributed by atoms with Crippen LogP contribution in [0.5, 0.6) is 0 Å². The Bertz CT molecular complexity index is 386. The van der Waals surface area contributed by atoms with Gasteiger partial charge in [-0.3, -0.25) is 0 Å². The van der Waals surface area contributed by atoms with Crippen molar-refractivity contribution in [1.29, 1.82) is 0 Å². The van der Waals surface area contributed by atoms with Gasteiger partial charge in [0, 0.05) is 23.1 Å². The van der Waals surface area contributed by atoms with Gasteiger partial charge in [0.1, 0.15) is 0 Å². The standard InChI is InChI=1S/C14H21BrN2/c1-5-8-17(10(2)3)14-7-6-12(11(4)16)9-13(14)15/h5-7,9-11H,1,8,16H2,2-4H3/t11-/m1/s1. The average molecular weight is 297 g/mol. The van der Waals surface area contributed by atoms with E-state index in [1.54, 1.807) is 0 Å². The van der Waals surface area contributed by atoms with Crippen molar-refractivity contribution >= 4 is 21.6 Å². The zero-order valence-electron chi connectivity index (χ0n) is 10.8. The molecule has 0 aliphatic heterocycles. The van der Waals surface area contributed by atoms with E-state index in [0.717, 1.165) is 16.6 Å². The Morgan fingerprint density at radius 1 is 1.41 bits per heavy atom. The Balaban J connectivity index is 3.08. The molecule has 94 valence electrons. The molecule has 2 nitrogen and oxygen atoms in total. The van der Waals surface area contributed by atoms with Crippen molar-refractivity contribution in [2.24, 2.45) is 5.73 Å². The number of rotatable bonds is 5. The topological polar surface area (TPSA) is 29.3 Å². The molecule has 0 bridgehead atoms. The van der Waals surface area contributed by atoms with Gasteiger partial charge in [0.15, 0.2) is 0 Å². The molecule has 0 aliphatic carbocycles. The summed E-state index contributed by atoms with van der Waals surface area (Å²) in [5, 5.41) is 0. The van der Waals surface area contributed by atoms with Gasteiger partial charge in [0.2, 0.25) is 0 Å². The fourth-order valence-corrected chi connectivity index (χ4v) is 2.39. The third-order valence-electron chi connectivity index (χ3n) is 2.76. The Morgan fingerprint density at radius 3 is 2.47 bits per heavy atom. The maximum absolute atomic E-state index is 5.88. The number of nitrogens with zero attached hydrogens (tertiary/aromatic N) is 1. The summed E-state index contributed by atoms with van der Waals surface area (Å²) in [4.78, 5) is 2.29. The quantitative estimate of drug-likeness (QED) is 0.836. The fraction of sp³-hybridized carbons (Fsp3) is 0.429. The van der Waals surface area contributed by atoms with Crippen LogP contribution in [0.1, 0.15) is 32.4 Å². The molecule has 0 radical (unpaired) electrons. The third-order valence-corrected chi connectivity index (χ3v) is 3.39. The molecule has 0 aliphatic rings. The summed E-state index contributed by atoms with van der Waals surface area (Å²) in [5.41, 5.74) is 8.20. The van der Waals surface area contributed by atoms with E-state index in [-0.39, 0.29) is 6.04 Å². The number of anilines is 1. The smallest absolute Gasteiger partial charge is 0.0515 e. The minimum atomic E-state index is 0.0623. The van der Waals surface area contributed by atoms with Crippen molar-refractivity contribution in [1.82, 2.24) is 0 Å². The lowest BCUT2D eigenvalue weighted by atomic mass is 10.1. The van der Waals surface area contributed by atoms with Gasteiger partial charge >= 0.3 is 0 Å². The van der Waals surface area contributed by atoms with Crippen LogP contribution in [0, 0.1) is 0 Å². The van der Waals surface area contributed by atoms with Crippen LogP contribution in [0.25, 0.3) is 0 Å². The summed E-state index contributed by atoms with van der Waals surface area (Å²) < 4.78 is 1.09. The van der Waals surface area contributed by atoms with Crippen molar-refractivity contribution in [3.8, 4) is 0 Å². The van der Waals surface area contributed by atoms with Gasteiger partial charge in [-0.1, -0.05) is 12.1 Å². The average Bonchev–Trinajstić information content (AvgIpc) is 2.26. The Labute approximate surface area is 113 Å². The number of hydrogen-bond acceptors (Lipinski definition) is 2. The van der Waals surface area contributed by atoms with Crippen LogP contribution in [0.4, 0.5) is 5.69 Å². The summed E-state index contributed by atoms with van der Waals surface area (Å²) in [6.45, 7) is 11.0. The fourth-order valence-electron chi connectivity index (χ4n) is 1.77. The molecule has 0 spiro atoms. The lowest BCUT2D eigenvalue weighted by molar-refractivity contribution is 0.721. The van der Waals surface area contributed by atoms with Crippen molar-refractivity contribution in [2.45, 2.75) is 32.9 Å². The van der Waals surface area contributed by atoms with E-state index >= 15 is 0 Å². The summed E-state index contributed by atoms with van der Waals surface area (Å²) in [7, 11) is 0. The predicted molar refractivity (Wildman–Crippen MR) is 79.4 cm³/mol. The maximum atomic E-state index is 5.88. The number of hydrogen-bond donors (Lipinski definition) is 1. The molecule has 0 heterocycles. The highest BCUT2D eigenvalue weighted by Gasteiger charge is 2.13. The molecule has 0 saturated carbocycles. The molecule has 0 fully saturated rings. The second-order valence-corrected chi connectivity index (χ2v) is 5.39. The monoisotopic (exact) mass is 296 g/mol. The molecule has 1 atom stereocenters. The van der Waals surface area contributed by atoms with Gasteiger partial charge < -0.3 is 10.6 Å². The van der Waals surface area contributed by atoms with Gasteiger partial charge in [-0.05, 0) is 54.4 Å². The van der Waals surface area contributed by atoms with Crippen LogP contribution in [-0.4, -0.2) is 12.6 Å². The normalized spacial score (nSPS) is 12.6. The minimum absolute atomic E-state index is 0.0623. The Morgan fingerprint density at radius 2 is 2.06 bits per heavy atom. The van der Waals surface area contributed by atoms with Gasteiger partial charge in [-0.2, -0.15) is 0 Å². The van der Waals surface area contributed by atoms with E-state index in [0.29, 0.717) is 6.04 Å². The zero-order chi connectivity index (χ0) is 13.0. The first-order chi connectivity index (χ1) is 7.97. The van der Waals surface area contributed by atoms with E-state index in [1.165, 1.54) is 5.69 Å². The molecular weight excluding hydrogens is 276 g/mol. The molecule has 3 heteroatoms. The van der Waals surface area contributed by atoms with Crippen molar-refractivity contribution in [3.63, 3.8) is 0 Å². The lowest BCUT2D eigenvalue weighted by Gasteiger charge is -2.29. The maximum Gasteiger partial charge on any atom is 0.0515 e. The van der Waals surface area contributed by atoms with Crippen molar-refractivity contribution in [2.75, 3.05) is 11.4 Å². The second kappa shape index (κ2) is 6.22. The Hall–Kier alpha value is -0.800. The molecule has 0 saturated heterocycles. The van der Waals surface area contributed by atoms with Gasteiger partial charge in [-0.15, -0.1) is 6.58 Å². The van der Waals surface area contributed by atoms with Crippen LogP contribution >= 0.6 is 15.9 Å². The zero-order valence-corrected chi connectivity index (χ0v) is 12.4. The Kier molecular flexibility index (Phi) is 5.22. The molecule has 1 aromatic rings. The van der Waals surface area contributed by atoms with Crippen molar-refractivity contribution < 1.29 is 0 Å². The van der Waals surface area contributed by atoms with E-state index in [4.69, 9.17) is 5.73 Å². The SMILES string of the molecule is C=CCN(c1ccc([C@@H](C)N)cc1Br)C(C)C. The molecule has 1 aromatic carbocycles. The number of benzene rings is 1.